The van der Waals surface area contributed by atoms with Gasteiger partial charge in [-0.15, -0.1) is 0 Å². The second kappa shape index (κ2) is 5.83. The molecule has 0 saturated carbocycles. The molecule has 7 nitrogen and oxygen atoms in total. The molecule has 1 aliphatic heterocycles. The SMILES string of the molecule is CN(C1CCOCC1)S(=O)(=O)c1ccc(NN)nc1. The summed E-state index contributed by atoms with van der Waals surface area (Å²) in [5, 5.41) is 0. The Hall–Kier alpha value is -1.22. The Labute approximate surface area is 112 Å². The van der Waals surface area contributed by atoms with E-state index < -0.39 is 10.0 Å². The van der Waals surface area contributed by atoms with Crippen LogP contribution in [0.15, 0.2) is 23.2 Å². The molecule has 3 N–H and O–H groups in total. The molecule has 0 aromatic carbocycles. The summed E-state index contributed by atoms with van der Waals surface area (Å²) in [6, 6.07) is 3.00. The van der Waals surface area contributed by atoms with Gasteiger partial charge in [-0.25, -0.2) is 19.2 Å². The number of nitrogen functional groups attached to an aromatic ring is 1. The van der Waals surface area contributed by atoms with Crippen molar-refractivity contribution in [2.75, 3.05) is 25.7 Å². The minimum Gasteiger partial charge on any atom is -0.381 e. The molecule has 2 rings (SSSR count). The molecule has 1 aromatic heterocycles. The van der Waals surface area contributed by atoms with Crippen LogP contribution in [0.4, 0.5) is 5.82 Å². The second-order valence-corrected chi connectivity index (χ2v) is 6.39. The predicted octanol–water partition coefficient (Wildman–Crippen LogP) is 0.167. The van der Waals surface area contributed by atoms with Gasteiger partial charge in [-0.3, -0.25) is 0 Å². The Bertz CT molecular complexity index is 511. The molecule has 0 atom stereocenters. The molecular weight excluding hydrogens is 268 g/mol. The van der Waals surface area contributed by atoms with Gasteiger partial charge in [-0.2, -0.15) is 4.31 Å². The molecule has 1 fully saturated rings. The Balaban J connectivity index is 2.19. The first kappa shape index (κ1) is 14.2. The van der Waals surface area contributed by atoms with Crippen molar-refractivity contribution >= 4 is 15.8 Å². The molecule has 2 heterocycles. The minimum atomic E-state index is -3.52. The quantitative estimate of drug-likeness (QED) is 0.605. The van der Waals surface area contributed by atoms with Crippen LogP contribution in [0.5, 0.6) is 0 Å². The standard InChI is InChI=1S/C11H18N4O3S/c1-15(9-4-6-18-7-5-9)19(16,17)10-2-3-11(14-12)13-8-10/h2-3,8-9H,4-7,12H2,1H3,(H,13,14). The summed E-state index contributed by atoms with van der Waals surface area (Å²) in [6.07, 6.45) is 2.73. The topological polar surface area (TPSA) is 97.5 Å². The summed E-state index contributed by atoms with van der Waals surface area (Å²) in [5.41, 5.74) is 2.36. The summed E-state index contributed by atoms with van der Waals surface area (Å²) in [4.78, 5) is 4.09. The maximum atomic E-state index is 12.4. The summed E-state index contributed by atoms with van der Waals surface area (Å²) < 4.78 is 31.5. The number of hydrogen-bond donors (Lipinski definition) is 2. The molecule has 0 bridgehead atoms. The van der Waals surface area contributed by atoms with Crippen molar-refractivity contribution in [1.82, 2.24) is 9.29 Å². The number of hydrazine groups is 1. The molecule has 1 aliphatic rings. The third kappa shape index (κ3) is 3.03. The van der Waals surface area contributed by atoms with Crippen LogP contribution in [0, 0.1) is 0 Å². The van der Waals surface area contributed by atoms with Gasteiger partial charge in [0.05, 0.1) is 0 Å². The predicted molar refractivity (Wildman–Crippen MR) is 70.8 cm³/mol. The smallest absolute Gasteiger partial charge is 0.244 e. The van der Waals surface area contributed by atoms with Crippen molar-refractivity contribution in [3.05, 3.63) is 18.3 Å². The summed E-state index contributed by atoms with van der Waals surface area (Å²) in [7, 11) is -1.92. The molecule has 1 saturated heterocycles. The number of sulfonamides is 1. The number of hydrogen-bond acceptors (Lipinski definition) is 6. The van der Waals surface area contributed by atoms with E-state index in [1.165, 1.54) is 22.6 Å². The van der Waals surface area contributed by atoms with Crippen molar-refractivity contribution in [2.45, 2.75) is 23.8 Å². The molecule has 8 heteroatoms. The Morgan fingerprint density at radius 3 is 2.63 bits per heavy atom. The average molecular weight is 286 g/mol. The fraction of sp³-hybridized carbons (Fsp3) is 0.545. The Morgan fingerprint density at radius 1 is 1.42 bits per heavy atom. The van der Waals surface area contributed by atoms with Crippen molar-refractivity contribution in [3.8, 4) is 0 Å². The van der Waals surface area contributed by atoms with Gasteiger partial charge in [0.15, 0.2) is 0 Å². The third-order valence-corrected chi connectivity index (χ3v) is 5.16. The van der Waals surface area contributed by atoms with E-state index in [2.05, 4.69) is 10.4 Å². The van der Waals surface area contributed by atoms with Gasteiger partial charge in [-0.1, -0.05) is 0 Å². The second-order valence-electron chi connectivity index (χ2n) is 4.39. The molecule has 106 valence electrons. The van der Waals surface area contributed by atoms with Gasteiger partial charge in [0.25, 0.3) is 0 Å². The van der Waals surface area contributed by atoms with Crippen LogP contribution in [-0.4, -0.2) is 44.0 Å². The lowest BCUT2D eigenvalue weighted by atomic mass is 10.1. The van der Waals surface area contributed by atoms with E-state index >= 15 is 0 Å². The lowest BCUT2D eigenvalue weighted by Gasteiger charge is -2.30. The van der Waals surface area contributed by atoms with E-state index in [-0.39, 0.29) is 10.9 Å². The highest BCUT2D eigenvalue weighted by Crippen LogP contribution is 2.21. The number of pyridine rings is 1. The van der Waals surface area contributed by atoms with Gasteiger partial charge in [0.2, 0.25) is 10.0 Å². The number of nitrogens with zero attached hydrogens (tertiary/aromatic N) is 2. The molecule has 0 aliphatic carbocycles. The highest BCUT2D eigenvalue weighted by Gasteiger charge is 2.29. The normalized spacial score (nSPS) is 17.6. The molecular formula is C11H18N4O3S. The zero-order valence-corrected chi connectivity index (χ0v) is 11.6. The zero-order valence-electron chi connectivity index (χ0n) is 10.7. The van der Waals surface area contributed by atoms with Crippen LogP contribution in [-0.2, 0) is 14.8 Å². The highest BCUT2D eigenvalue weighted by molar-refractivity contribution is 7.89. The molecule has 0 amide bonds. The first-order valence-electron chi connectivity index (χ1n) is 6.04. The summed E-state index contributed by atoms with van der Waals surface area (Å²) in [6.45, 7) is 1.19. The van der Waals surface area contributed by atoms with Crippen LogP contribution < -0.4 is 11.3 Å². The number of ether oxygens (including phenoxy) is 1. The monoisotopic (exact) mass is 286 g/mol. The Kier molecular flexibility index (Phi) is 4.35. The number of anilines is 1. The first-order chi connectivity index (χ1) is 9.05. The summed E-state index contributed by atoms with van der Waals surface area (Å²) >= 11 is 0. The molecule has 19 heavy (non-hydrogen) atoms. The molecule has 1 aromatic rings. The lowest BCUT2D eigenvalue weighted by molar-refractivity contribution is 0.0632. The van der Waals surface area contributed by atoms with Crippen LogP contribution in [0.2, 0.25) is 0 Å². The van der Waals surface area contributed by atoms with E-state index in [0.29, 0.717) is 31.9 Å². The van der Waals surface area contributed by atoms with Crippen molar-refractivity contribution < 1.29 is 13.2 Å². The fourth-order valence-corrected chi connectivity index (χ4v) is 3.39. The number of nitrogens with one attached hydrogen (secondary N) is 1. The lowest BCUT2D eigenvalue weighted by Crippen LogP contribution is -2.40. The van der Waals surface area contributed by atoms with Gasteiger partial charge < -0.3 is 10.2 Å². The molecule has 0 spiro atoms. The van der Waals surface area contributed by atoms with Gasteiger partial charge in [0.1, 0.15) is 10.7 Å². The molecule has 0 unspecified atom stereocenters. The van der Waals surface area contributed by atoms with E-state index in [1.54, 1.807) is 7.05 Å². The van der Waals surface area contributed by atoms with Crippen molar-refractivity contribution in [3.63, 3.8) is 0 Å². The van der Waals surface area contributed by atoms with Gasteiger partial charge in [-0.05, 0) is 25.0 Å². The van der Waals surface area contributed by atoms with E-state index in [9.17, 15) is 8.42 Å². The first-order valence-corrected chi connectivity index (χ1v) is 7.48. The largest absolute Gasteiger partial charge is 0.381 e. The average Bonchev–Trinajstić information content (AvgIpc) is 2.47. The third-order valence-electron chi connectivity index (χ3n) is 3.27. The van der Waals surface area contributed by atoms with Crippen molar-refractivity contribution in [2.24, 2.45) is 5.84 Å². The zero-order chi connectivity index (χ0) is 13.9. The number of nitrogens with two attached hydrogens (primary N) is 1. The van der Waals surface area contributed by atoms with E-state index in [4.69, 9.17) is 10.6 Å². The number of aromatic nitrogens is 1. The van der Waals surface area contributed by atoms with E-state index in [0.717, 1.165) is 0 Å². The van der Waals surface area contributed by atoms with E-state index in [1.807, 2.05) is 0 Å². The van der Waals surface area contributed by atoms with Crippen LogP contribution in [0.1, 0.15) is 12.8 Å². The fourth-order valence-electron chi connectivity index (χ4n) is 2.03. The van der Waals surface area contributed by atoms with Gasteiger partial charge in [0, 0.05) is 32.5 Å². The number of rotatable bonds is 4. The van der Waals surface area contributed by atoms with Crippen LogP contribution >= 0.6 is 0 Å². The van der Waals surface area contributed by atoms with Crippen molar-refractivity contribution in [1.29, 1.82) is 0 Å². The van der Waals surface area contributed by atoms with Gasteiger partial charge >= 0.3 is 0 Å². The van der Waals surface area contributed by atoms with Crippen LogP contribution in [0.25, 0.3) is 0 Å². The summed E-state index contributed by atoms with van der Waals surface area (Å²) in [5.74, 6) is 5.62. The van der Waals surface area contributed by atoms with Crippen LogP contribution in [0.3, 0.4) is 0 Å². The maximum absolute atomic E-state index is 12.4. The molecule has 0 radical (unpaired) electrons. The minimum absolute atomic E-state index is 0.0222. The highest BCUT2D eigenvalue weighted by atomic mass is 32.2. The Morgan fingerprint density at radius 2 is 2.11 bits per heavy atom. The maximum Gasteiger partial charge on any atom is 0.244 e.